The van der Waals surface area contributed by atoms with Crippen LogP contribution in [-0.2, 0) is 9.59 Å². The van der Waals surface area contributed by atoms with Gasteiger partial charge in [-0.05, 0) is 42.0 Å². The zero-order valence-electron chi connectivity index (χ0n) is 19.3. The molecule has 0 aliphatic carbocycles. The maximum Gasteiger partial charge on any atom is 0.301 e. The van der Waals surface area contributed by atoms with Crippen molar-refractivity contribution in [1.82, 2.24) is 4.98 Å². The molecule has 1 amide bonds. The number of fused-ring (bicyclic) bond motifs is 2. The summed E-state index contributed by atoms with van der Waals surface area (Å²) < 4.78 is 25.3. The van der Waals surface area contributed by atoms with E-state index in [-0.39, 0.29) is 27.5 Å². The minimum atomic E-state index is -1.24. The third-order valence-electron chi connectivity index (χ3n) is 6.20. The van der Waals surface area contributed by atoms with Gasteiger partial charge in [0.1, 0.15) is 24.8 Å². The number of anilines is 1. The lowest BCUT2D eigenvalue weighted by molar-refractivity contribution is -0.384. The van der Waals surface area contributed by atoms with Crippen LogP contribution < -0.4 is 14.4 Å². The Morgan fingerprint density at radius 2 is 1.87 bits per heavy atom. The highest BCUT2D eigenvalue weighted by molar-refractivity contribution is 7.22. The van der Waals surface area contributed by atoms with Crippen LogP contribution in [0.25, 0.3) is 16.0 Å². The van der Waals surface area contributed by atoms with Crippen LogP contribution in [0.3, 0.4) is 0 Å². The van der Waals surface area contributed by atoms with Crippen LogP contribution in [-0.4, -0.2) is 39.9 Å². The van der Waals surface area contributed by atoms with Crippen molar-refractivity contribution >= 4 is 49.8 Å². The molecule has 2 aliphatic rings. The average molecular weight is 533 g/mol. The van der Waals surface area contributed by atoms with Crippen molar-refractivity contribution < 1.29 is 33.5 Å². The first-order valence-corrected chi connectivity index (χ1v) is 12.1. The summed E-state index contributed by atoms with van der Waals surface area (Å²) in [5, 5.41) is 22.9. The van der Waals surface area contributed by atoms with Crippen LogP contribution in [0.4, 0.5) is 15.2 Å². The second-order valence-electron chi connectivity index (χ2n) is 8.49. The summed E-state index contributed by atoms with van der Waals surface area (Å²) in [6.45, 7) is 0.662. The third-order valence-corrected chi connectivity index (χ3v) is 7.22. The number of halogens is 1. The number of ketones is 1. The van der Waals surface area contributed by atoms with Crippen LogP contribution in [0.5, 0.6) is 11.5 Å². The average Bonchev–Trinajstić information content (AvgIpc) is 3.45. The van der Waals surface area contributed by atoms with Crippen molar-refractivity contribution in [3.63, 3.8) is 0 Å². The molecule has 1 N–H and O–H groups in total. The van der Waals surface area contributed by atoms with Crippen molar-refractivity contribution in [3.05, 3.63) is 93.3 Å². The SMILES string of the molecule is O=C1C(=O)N(c2nc3ccc(F)cc3s2)C(c2cccc([N+](=O)[O-])c2)/C1=C(\O)c1ccc2c(c1)OCCO2. The van der Waals surface area contributed by atoms with Crippen molar-refractivity contribution in [2.75, 3.05) is 18.1 Å². The van der Waals surface area contributed by atoms with E-state index in [1.54, 1.807) is 6.07 Å². The quantitative estimate of drug-likeness (QED) is 0.131. The summed E-state index contributed by atoms with van der Waals surface area (Å²) in [6.07, 6.45) is 0. The van der Waals surface area contributed by atoms with Crippen LogP contribution in [0.2, 0.25) is 0 Å². The molecule has 1 saturated heterocycles. The molecule has 10 nitrogen and oxygen atoms in total. The number of aromatic nitrogens is 1. The second-order valence-corrected chi connectivity index (χ2v) is 9.50. The Balaban J connectivity index is 1.56. The first-order valence-electron chi connectivity index (χ1n) is 11.3. The van der Waals surface area contributed by atoms with E-state index in [0.717, 1.165) is 16.2 Å². The Kier molecular flexibility index (Phi) is 5.53. The third kappa shape index (κ3) is 3.82. The molecule has 1 unspecified atom stereocenters. The Morgan fingerprint density at radius 3 is 2.66 bits per heavy atom. The molecule has 0 bridgehead atoms. The molecular weight excluding hydrogens is 517 g/mol. The number of rotatable bonds is 4. The maximum atomic E-state index is 13.8. The number of aliphatic hydroxyl groups excluding tert-OH is 1. The lowest BCUT2D eigenvalue weighted by Gasteiger charge is -2.23. The first-order chi connectivity index (χ1) is 18.3. The van der Waals surface area contributed by atoms with Crippen molar-refractivity contribution in [1.29, 1.82) is 0 Å². The van der Waals surface area contributed by atoms with Crippen LogP contribution in [0.1, 0.15) is 17.2 Å². The molecule has 3 aromatic carbocycles. The van der Waals surface area contributed by atoms with Gasteiger partial charge in [0, 0.05) is 17.7 Å². The molecule has 2 aliphatic heterocycles. The molecule has 4 aromatic rings. The summed E-state index contributed by atoms with van der Waals surface area (Å²) in [5.74, 6) is -2.16. The maximum absolute atomic E-state index is 13.8. The highest BCUT2D eigenvalue weighted by Gasteiger charge is 2.48. The zero-order chi connectivity index (χ0) is 26.6. The predicted octanol–water partition coefficient (Wildman–Crippen LogP) is 4.74. The van der Waals surface area contributed by atoms with E-state index >= 15 is 0 Å². The Morgan fingerprint density at radius 1 is 1.08 bits per heavy atom. The lowest BCUT2D eigenvalue weighted by Crippen LogP contribution is -2.29. The van der Waals surface area contributed by atoms with Gasteiger partial charge in [-0.3, -0.25) is 24.6 Å². The topological polar surface area (TPSA) is 132 Å². The van der Waals surface area contributed by atoms with E-state index in [1.165, 1.54) is 54.6 Å². The smallest absolute Gasteiger partial charge is 0.301 e. The van der Waals surface area contributed by atoms with Gasteiger partial charge in [-0.25, -0.2) is 9.37 Å². The number of nitrogens with zero attached hydrogens (tertiary/aromatic N) is 3. The Labute approximate surface area is 217 Å². The number of Topliss-reactive ketones (excluding diaryl/α,β-unsaturated/α-hetero) is 1. The summed E-state index contributed by atoms with van der Waals surface area (Å²) >= 11 is 0.979. The highest BCUT2D eigenvalue weighted by atomic mass is 32.1. The molecule has 12 heteroatoms. The molecular formula is C26H16FN3O7S. The lowest BCUT2D eigenvalue weighted by atomic mass is 9.95. The van der Waals surface area contributed by atoms with Crippen LogP contribution in [0.15, 0.2) is 66.2 Å². The van der Waals surface area contributed by atoms with Crippen LogP contribution in [0, 0.1) is 15.9 Å². The number of amides is 1. The summed E-state index contributed by atoms with van der Waals surface area (Å²) in [7, 11) is 0. The van der Waals surface area contributed by atoms with E-state index in [0.29, 0.717) is 34.9 Å². The highest BCUT2D eigenvalue weighted by Crippen LogP contribution is 2.45. The molecule has 1 fully saturated rings. The molecule has 0 radical (unpaired) electrons. The Bertz CT molecular complexity index is 1700. The molecule has 38 heavy (non-hydrogen) atoms. The number of ether oxygens (including phenoxy) is 2. The molecule has 6 rings (SSSR count). The van der Waals surface area contributed by atoms with E-state index < -0.39 is 34.2 Å². The van der Waals surface area contributed by atoms with Gasteiger partial charge in [0.2, 0.25) is 0 Å². The number of non-ortho nitro benzene ring substituents is 1. The zero-order valence-corrected chi connectivity index (χ0v) is 20.1. The number of carbonyl (C=O) groups excluding carboxylic acids is 2. The van der Waals surface area contributed by atoms with Crippen molar-refractivity contribution in [3.8, 4) is 11.5 Å². The number of benzene rings is 3. The van der Waals surface area contributed by atoms with E-state index in [1.807, 2.05) is 0 Å². The monoisotopic (exact) mass is 533 g/mol. The van der Waals surface area contributed by atoms with Gasteiger partial charge < -0.3 is 14.6 Å². The Hall–Kier alpha value is -4.84. The van der Waals surface area contributed by atoms with Gasteiger partial charge in [0.25, 0.3) is 11.5 Å². The summed E-state index contributed by atoms with van der Waals surface area (Å²) in [4.78, 5) is 43.1. The van der Waals surface area contributed by atoms with Gasteiger partial charge in [-0.2, -0.15) is 0 Å². The normalized spacial score (nSPS) is 18.2. The fourth-order valence-corrected chi connectivity index (χ4v) is 5.51. The largest absolute Gasteiger partial charge is 0.507 e. The van der Waals surface area contributed by atoms with Gasteiger partial charge >= 0.3 is 5.91 Å². The molecule has 1 aromatic heterocycles. The molecule has 0 spiro atoms. The predicted molar refractivity (Wildman–Crippen MR) is 135 cm³/mol. The molecule has 3 heterocycles. The first kappa shape index (κ1) is 23.6. The number of thiazole rings is 1. The van der Waals surface area contributed by atoms with Gasteiger partial charge in [0.05, 0.1) is 26.8 Å². The van der Waals surface area contributed by atoms with E-state index in [2.05, 4.69) is 4.98 Å². The van der Waals surface area contributed by atoms with Crippen molar-refractivity contribution in [2.45, 2.75) is 6.04 Å². The van der Waals surface area contributed by atoms with Gasteiger partial charge in [0.15, 0.2) is 16.6 Å². The van der Waals surface area contributed by atoms with E-state index in [9.17, 15) is 29.2 Å². The van der Waals surface area contributed by atoms with E-state index in [4.69, 9.17) is 9.47 Å². The fraction of sp³-hybridized carbons (Fsp3) is 0.115. The van der Waals surface area contributed by atoms with Crippen molar-refractivity contribution in [2.24, 2.45) is 0 Å². The number of nitro groups is 1. The number of aliphatic hydroxyl groups is 1. The molecule has 190 valence electrons. The molecule has 0 saturated carbocycles. The van der Waals surface area contributed by atoms with Crippen LogP contribution >= 0.6 is 11.3 Å². The number of nitro benzene ring substituents is 1. The van der Waals surface area contributed by atoms with Gasteiger partial charge in [-0.1, -0.05) is 23.5 Å². The second kappa shape index (κ2) is 8.92. The minimum absolute atomic E-state index is 0.0745. The number of hydrogen-bond acceptors (Lipinski definition) is 9. The summed E-state index contributed by atoms with van der Waals surface area (Å²) in [5.41, 5.74) is 0.256. The summed E-state index contributed by atoms with van der Waals surface area (Å²) in [6, 6.07) is 12.7. The van der Waals surface area contributed by atoms with Gasteiger partial charge in [-0.15, -0.1) is 0 Å². The number of carbonyl (C=O) groups is 2. The number of hydrogen-bond donors (Lipinski definition) is 1. The minimum Gasteiger partial charge on any atom is -0.507 e. The molecule has 1 atom stereocenters. The fourth-order valence-electron chi connectivity index (χ4n) is 4.49. The standard InChI is InChI=1S/C26H16FN3O7S/c27-15-5-6-17-20(12-15)38-26(28-17)29-22(13-2-1-3-16(10-13)30(34)35)21(24(32)25(29)33)23(31)14-4-7-18-19(11-14)37-9-8-36-18/h1-7,10-12,22,31H,8-9H2/b23-21+.